The van der Waals surface area contributed by atoms with Gasteiger partial charge in [0.15, 0.2) is 0 Å². The van der Waals surface area contributed by atoms with E-state index in [9.17, 15) is 8.42 Å². The smallest absolute Gasteiger partial charge is 0.267 e. The summed E-state index contributed by atoms with van der Waals surface area (Å²) in [5, 5.41) is 0. The van der Waals surface area contributed by atoms with Gasteiger partial charge in [0.2, 0.25) is 0 Å². The highest BCUT2D eigenvalue weighted by Gasteiger charge is 2.21. The van der Waals surface area contributed by atoms with E-state index in [1.165, 1.54) is 0 Å². The van der Waals surface area contributed by atoms with Gasteiger partial charge in [0.25, 0.3) is 10.1 Å². The summed E-state index contributed by atoms with van der Waals surface area (Å²) in [4.78, 5) is 0. The van der Waals surface area contributed by atoms with Crippen LogP contribution in [0.3, 0.4) is 0 Å². The molecule has 1 rings (SSSR count). The molecule has 1 aliphatic heterocycles. The average molecular weight is 150 g/mol. The maximum atomic E-state index is 10.6. The van der Waals surface area contributed by atoms with Crippen molar-refractivity contribution in [3.05, 3.63) is 0 Å². The van der Waals surface area contributed by atoms with Crippen LogP contribution in [-0.2, 0) is 14.3 Å². The fraction of sp³-hybridized carbons (Fsp3) is 1.00. The second-order valence-corrected chi connectivity index (χ2v) is 4.03. The van der Waals surface area contributed by atoms with E-state index < -0.39 is 10.1 Å². The maximum absolute atomic E-state index is 10.6. The highest BCUT2D eigenvalue weighted by Crippen LogP contribution is 2.14. The van der Waals surface area contributed by atoms with Gasteiger partial charge in [-0.3, -0.25) is 4.18 Å². The first-order valence-electron chi connectivity index (χ1n) is 3.01. The standard InChI is InChI=1S/C5H10O3S/c1-5-3-2-4-9(6,7)8-5/h5H,2-4H2,1H3/t5-/m1/s1. The highest BCUT2D eigenvalue weighted by atomic mass is 32.2. The molecular weight excluding hydrogens is 140 g/mol. The first kappa shape index (κ1) is 7.02. The molecule has 3 nitrogen and oxygen atoms in total. The highest BCUT2D eigenvalue weighted by molar-refractivity contribution is 7.86. The predicted octanol–water partition coefficient (Wildman–Crippen LogP) is 0.515. The van der Waals surface area contributed by atoms with Gasteiger partial charge >= 0.3 is 0 Å². The van der Waals surface area contributed by atoms with Gasteiger partial charge in [-0.25, -0.2) is 0 Å². The largest absolute Gasteiger partial charge is 0.267 e. The van der Waals surface area contributed by atoms with Gasteiger partial charge in [0, 0.05) is 0 Å². The summed E-state index contributed by atoms with van der Waals surface area (Å²) in [6, 6.07) is 0. The molecular formula is C5H10O3S. The van der Waals surface area contributed by atoms with E-state index in [1.807, 2.05) is 0 Å². The first-order valence-corrected chi connectivity index (χ1v) is 4.59. The Balaban J connectivity index is 2.62. The molecule has 0 saturated carbocycles. The van der Waals surface area contributed by atoms with Gasteiger partial charge in [-0.05, 0) is 19.8 Å². The molecule has 1 aliphatic rings. The number of rotatable bonds is 0. The molecule has 0 bridgehead atoms. The molecule has 1 fully saturated rings. The molecule has 0 N–H and O–H groups in total. The molecule has 0 aromatic heterocycles. The van der Waals surface area contributed by atoms with Crippen LogP contribution in [0.1, 0.15) is 19.8 Å². The second-order valence-electron chi connectivity index (χ2n) is 2.31. The van der Waals surface area contributed by atoms with E-state index in [0.29, 0.717) is 0 Å². The summed E-state index contributed by atoms with van der Waals surface area (Å²) < 4.78 is 25.9. The summed E-state index contributed by atoms with van der Waals surface area (Å²) in [5.41, 5.74) is 0. The Morgan fingerprint density at radius 1 is 1.56 bits per heavy atom. The Bertz CT molecular complexity index is 182. The van der Waals surface area contributed by atoms with Crippen LogP contribution >= 0.6 is 0 Å². The summed E-state index contributed by atoms with van der Waals surface area (Å²) in [6.07, 6.45) is 1.49. The van der Waals surface area contributed by atoms with E-state index >= 15 is 0 Å². The van der Waals surface area contributed by atoms with E-state index in [1.54, 1.807) is 6.92 Å². The molecule has 1 saturated heterocycles. The average Bonchev–Trinajstić information content (AvgIpc) is 1.60. The Morgan fingerprint density at radius 3 is 2.56 bits per heavy atom. The molecule has 0 unspecified atom stereocenters. The number of hydrogen-bond donors (Lipinski definition) is 0. The van der Waals surface area contributed by atoms with Crippen molar-refractivity contribution in [1.82, 2.24) is 0 Å². The fourth-order valence-electron chi connectivity index (χ4n) is 0.894. The fourth-order valence-corrected chi connectivity index (χ4v) is 2.11. The van der Waals surface area contributed by atoms with Gasteiger partial charge in [-0.15, -0.1) is 0 Å². The minimum Gasteiger partial charge on any atom is -0.267 e. The van der Waals surface area contributed by atoms with Gasteiger partial charge in [0.1, 0.15) is 0 Å². The topological polar surface area (TPSA) is 43.4 Å². The predicted molar refractivity (Wildman–Crippen MR) is 33.6 cm³/mol. The van der Waals surface area contributed by atoms with E-state index in [-0.39, 0.29) is 11.9 Å². The monoisotopic (exact) mass is 150 g/mol. The SMILES string of the molecule is C[C@@H]1CCCS(=O)(=O)O1. The summed E-state index contributed by atoms with van der Waals surface area (Å²) in [5.74, 6) is 0.192. The lowest BCUT2D eigenvalue weighted by Gasteiger charge is -2.17. The van der Waals surface area contributed by atoms with Gasteiger partial charge < -0.3 is 0 Å². The molecule has 0 radical (unpaired) electrons. The maximum Gasteiger partial charge on any atom is 0.267 e. The van der Waals surface area contributed by atoms with Crippen LogP contribution in [0.2, 0.25) is 0 Å². The molecule has 1 atom stereocenters. The van der Waals surface area contributed by atoms with Crippen molar-refractivity contribution < 1.29 is 12.6 Å². The molecule has 0 spiro atoms. The van der Waals surface area contributed by atoms with Crippen LogP contribution < -0.4 is 0 Å². The van der Waals surface area contributed by atoms with Crippen molar-refractivity contribution in [2.24, 2.45) is 0 Å². The van der Waals surface area contributed by atoms with Crippen molar-refractivity contribution in [3.63, 3.8) is 0 Å². The Morgan fingerprint density at radius 2 is 2.22 bits per heavy atom. The summed E-state index contributed by atoms with van der Waals surface area (Å²) >= 11 is 0. The molecule has 0 aliphatic carbocycles. The lowest BCUT2D eigenvalue weighted by atomic mass is 10.2. The molecule has 9 heavy (non-hydrogen) atoms. The lowest BCUT2D eigenvalue weighted by molar-refractivity contribution is 0.201. The van der Waals surface area contributed by atoms with Crippen LogP contribution in [-0.4, -0.2) is 20.3 Å². The minimum absolute atomic E-state index is 0.108. The van der Waals surface area contributed by atoms with Crippen LogP contribution in [0.5, 0.6) is 0 Å². The molecule has 0 amide bonds. The number of hydrogen-bond acceptors (Lipinski definition) is 3. The van der Waals surface area contributed by atoms with Crippen LogP contribution in [0.25, 0.3) is 0 Å². The van der Waals surface area contributed by atoms with Crippen molar-refractivity contribution in [2.75, 3.05) is 5.75 Å². The zero-order valence-electron chi connectivity index (χ0n) is 5.33. The van der Waals surface area contributed by atoms with Crippen molar-refractivity contribution in [1.29, 1.82) is 0 Å². The Hall–Kier alpha value is -0.0900. The normalized spacial score (nSPS) is 34.1. The molecule has 4 heteroatoms. The quantitative estimate of drug-likeness (QED) is 0.473. The molecule has 54 valence electrons. The zero-order chi connectivity index (χ0) is 6.91. The van der Waals surface area contributed by atoms with Gasteiger partial charge in [0.05, 0.1) is 11.9 Å². The third-order valence-corrected chi connectivity index (χ3v) is 2.73. The Labute approximate surface area is 55.1 Å². The first-order chi connectivity index (χ1) is 4.10. The van der Waals surface area contributed by atoms with Crippen molar-refractivity contribution in [2.45, 2.75) is 25.9 Å². The van der Waals surface area contributed by atoms with E-state index in [0.717, 1.165) is 12.8 Å². The molecule has 0 aromatic rings. The third kappa shape index (κ3) is 1.95. The van der Waals surface area contributed by atoms with E-state index in [4.69, 9.17) is 0 Å². The lowest BCUT2D eigenvalue weighted by Crippen LogP contribution is -2.24. The van der Waals surface area contributed by atoms with Crippen LogP contribution in [0.15, 0.2) is 0 Å². The molecule has 1 heterocycles. The zero-order valence-corrected chi connectivity index (χ0v) is 6.15. The summed E-state index contributed by atoms with van der Waals surface area (Å²) in [6.45, 7) is 1.77. The van der Waals surface area contributed by atoms with Gasteiger partial charge in [-0.1, -0.05) is 0 Å². The second kappa shape index (κ2) is 2.27. The van der Waals surface area contributed by atoms with Crippen LogP contribution in [0, 0.1) is 0 Å². The Kier molecular flexibility index (Phi) is 1.77. The summed E-state index contributed by atoms with van der Waals surface area (Å²) in [7, 11) is -3.13. The van der Waals surface area contributed by atoms with E-state index in [2.05, 4.69) is 4.18 Å². The van der Waals surface area contributed by atoms with Crippen molar-refractivity contribution >= 4 is 10.1 Å². The van der Waals surface area contributed by atoms with Gasteiger partial charge in [-0.2, -0.15) is 8.42 Å². The van der Waals surface area contributed by atoms with Crippen LogP contribution in [0.4, 0.5) is 0 Å². The third-order valence-electron chi connectivity index (χ3n) is 1.32. The van der Waals surface area contributed by atoms with Crippen molar-refractivity contribution in [3.8, 4) is 0 Å². The molecule has 0 aromatic carbocycles. The minimum atomic E-state index is -3.13.